The first-order valence-corrected chi connectivity index (χ1v) is 11.9. The summed E-state index contributed by atoms with van der Waals surface area (Å²) in [4.78, 5) is 22.2. The molecule has 0 saturated carbocycles. The fraction of sp³-hybridized carbons (Fsp3) is 0.833. The number of carbonyl (C=O) groups is 2. The summed E-state index contributed by atoms with van der Waals surface area (Å²) in [6.07, 6.45) is 3.63. The molecular weight excluding hydrogens is 388 g/mol. The van der Waals surface area contributed by atoms with Gasteiger partial charge < -0.3 is 5.11 Å². The molecule has 0 spiro atoms. The van der Waals surface area contributed by atoms with Gasteiger partial charge in [0.05, 0.1) is 6.42 Å². The zero-order valence-corrected chi connectivity index (χ0v) is 18.3. The highest BCUT2D eigenvalue weighted by molar-refractivity contribution is 7.85. The van der Waals surface area contributed by atoms with Gasteiger partial charge in [0.2, 0.25) is 5.91 Å². The van der Waals surface area contributed by atoms with Crippen molar-refractivity contribution in [1.29, 1.82) is 5.26 Å². The minimum Gasteiger partial charge on any atom is -0.481 e. The molecule has 0 fully saturated rings. The van der Waals surface area contributed by atoms with Gasteiger partial charge in [-0.2, -0.15) is 5.26 Å². The Kier molecular flexibility index (Phi) is 11.7. The van der Waals surface area contributed by atoms with Gasteiger partial charge in [-0.3, -0.25) is 23.3 Å². The highest BCUT2D eigenvalue weighted by atomic mass is 32.2. The van der Waals surface area contributed by atoms with Crippen LogP contribution in [0.25, 0.3) is 0 Å². The zero-order chi connectivity index (χ0) is 21.1. The molecule has 0 aliphatic rings. The van der Waals surface area contributed by atoms with E-state index >= 15 is 0 Å². The van der Waals surface area contributed by atoms with Crippen LogP contribution in [0.4, 0.5) is 0 Å². The van der Waals surface area contributed by atoms with Gasteiger partial charge in [0, 0.05) is 51.0 Å². The fourth-order valence-electron chi connectivity index (χ4n) is 2.49. The van der Waals surface area contributed by atoms with E-state index in [2.05, 4.69) is 5.32 Å². The van der Waals surface area contributed by atoms with E-state index in [1.165, 1.54) is 0 Å². The highest BCUT2D eigenvalue weighted by Gasteiger charge is 2.23. The SMILES string of the molecule is CC(C)(CCS(=O)CCCS(=O)CCC(C)(C)CC(=O)NC#N)CC(=O)O. The summed E-state index contributed by atoms with van der Waals surface area (Å²) in [6, 6.07) is 0. The fourth-order valence-corrected chi connectivity index (χ4v) is 5.58. The van der Waals surface area contributed by atoms with Crippen LogP contribution >= 0.6 is 0 Å². The number of carboxylic acids is 1. The van der Waals surface area contributed by atoms with Crippen molar-refractivity contribution < 1.29 is 23.1 Å². The van der Waals surface area contributed by atoms with Crippen LogP contribution in [0.1, 0.15) is 59.8 Å². The van der Waals surface area contributed by atoms with E-state index in [1.54, 1.807) is 6.19 Å². The number of nitriles is 1. The summed E-state index contributed by atoms with van der Waals surface area (Å²) >= 11 is 0. The van der Waals surface area contributed by atoms with Crippen LogP contribution in [-0.2, 0) is 31.2 Å². The predicted octanol–water partition coefficient (Wildman–Crippen LogP) is 2.17. The molecule has 0 saturated heterocycles. The molecule has 0 aromatic rings. The van der Waals surface area contributed by atoms with Crippen molar-refractivity contribution in [2.75, 3.05) is 23.0 Å². The Morgan fingerprint density at radius 2 is 1.37 bits per heavy atom. The molecule has 0 radical (unpaired) electrons. The number of nitrogens with one attached hydrogen (secondary N) is 1. The molecule has 0 aromatic carbocycles. The lowest BCUT2D eigenvalue weighted by molar-refractivity contribution is -0.139. The minimum atomic E-state index is -1.04. The van der Waals surface area contributed by atoms with Crippen molar-refractivity contribution in [2.24, 2.45) is 10.8 Å². The standard InChI is InChI=1S/C18H32N2O5S2/c1-17(2,12-15(21)20-14-19)6-10-26(24)8-5-9-27(25)11-7-18(3,4)13-16(22)23/h5-13H2,1-4H3,(H,20,21)(H,22,23). The topological polar surface area (TPSA) is 124 Å². The van der Waals surface area contributed by atoms with Gasteiger partial charge in [0.15, 0.2) is 6.19 Å². The summed E-state index contributed by atoms with van der Waals surface area (Å²) in [6.45, 7) is 7.50. The Morgan fingerprint density at radius 1 is 0.926 bits per heavy atom. The van der Waals surface area contributed by atoms with Crippen LogP contribution in [0.2, 0.25) is 0 Å². The second-order valence-electron chi connectivity index (χ2n) is 8.29. The van der Waals surface area contributed by atoms with Crippen LogP contribution in [-0.4, -0.2) is 48.4 Å². The van der Waals surface area contributed by atoms with Gasteiger partial charge in [-0.15, -0.1) is 0 Å². The van der Waals surface area contributed by atoms with Crippen molar-refractivity contribution in [3.05, 3.63) is 0 Å². The molecule has 0 aliphatic carbocycles. The molecule has 0 aromatic heterocycles. The van der Waals surface area contributed by atoms with Gasteiger partial charge >= 0.3 is 5.97 Å². The number of hydrogen-bond donors (Lipinski definition) is 2. The largest absolute Gasteiger partial charge is 0.481 e. The van der Waals surface area contributed by atoms with Gasteiger partial charge in [-0.05, 0) is 30.1 Å². The number of carboxylic acid groups (broad SMARTS) is 1. The maximum absolute atomic E-state index is 12.1. The number of nitrogens with zero attached hydrogens (tertiary/aromatic N) is 1. The molecule has 9 heteroatoms. The van der Waals surface area contributed by atoms with Crippen LogP contribution in [0.15, 0.2) is 0 Å². The van der Waals surface area contributed by atoms with E-state index in [0.29, 0.717) is 42.3 Å². The quantitative estimate of drug-likeness (QED) is 0.328. The van der Waals surface area contributed by atoms with Crippen LogP contribution in [0, 0.1) is 22.3 Å². The Bertz CT molecular complexity index is 597. The first kappa shape index (κ1) is 25.7. The van der Waals surface area contributed by atoms with E-state index in [0.717, 1.165) is 0 Å². The van der Waals surface area contributed by atoms with Crippen molar-refractivity contribution in [2.45, 2.75) is 59.8 Å². The molecule has 2 unspecified atom stereocenters. The van der Waals surface area contributed by atoms with E-state index < -0.39 is 27.6 Å². The average Bonchev–Trinajstić information content (AvgIpc) is 2.50. The first-order valence-electron chi connectivity index (χ1n) is 8.96. The second-order valence-corrected chi connectivity index (χ2v) is 11.7. The van der Waals surface area contributed by atoms with Gasteiger partial charge in [0.25, 0.3) is 0 Å². The van der Waals surface area contributed by atoms with Crippen molar-refractivity contribution in [3.63, 3.8) is 0 Å². The van der Waals surface area contributed by atoms with Crippen LogP contribution < -0.4 is 5.32 Å². The van der Waals surface area contributed by atoms with E-state index in [4.69, 9.17) is 10.4 Å². The summed E-state index contributed by atoms with van der Waals surface area (Å²) in [5, 5.41) is 19.4. The summed E-state index contributed by atoms with van der Waals surface area (Å²) in [7, 11) is -2.08. The zero-order valence-electron chi connectivity index (χ0n) is 16.7. The molecular formula is C18H32N2O5S2. The maximum atomic E-state index is 12.1. The molecule has 27 heavy (non-hydrogen) atoms. The Balaban J connectivity index is 4.06. The van der Waals surface area contributed by atoms with Gasteiger partial charge in [-0.1, -0.05) is 27.7 Å². The normalized spacial score (nSPS) is 14.2. The van der Waals surface area contributed by atoms with E-state index in [1.807, 2.05) is 27.7 Å². The molecule has 1 amide bonds. The number of hydrogen-bond acceptors (Lipinski definition) is 5. The molecule has 7 nitrogen and oxygen atoms in total. The number of carbonyl (C=O) groups excluding carboxylic acids is 1. The third-order valence-corrected chi connectivity index (χ3v) is 7.03. The summed E-state index contributed by atoms with van der Waals surface area (Å²) in [5.41, 5.74) is -0.719. The van der Waals surface area contributed by atoms with Crippen molar-refractivity contribution in [3.8, 4) is 6.19 Å². The molecule has 0 aliphatic heterocycles. The third kappa shape index (κ3) is 14.5. The maximum Gasteiger partial charge on any atom is 0.303 e. The molecule has 0 heterocycles. The molecule has 2 atom stereocenters. The number of rotatable bonds is 14. The molecule has 2 N–H and O–H groups in total. The summed E-state index contributed by atoms with van der Waals surface area (Å²) in [5.74, 6) is 0.649. The molecule has 0 bridgehead atoms. The van der Waals surface area contributed by atoms with Crippen LogP contribution in [0.3, 0.4) is 0 Å². The lowest BCUT2D eigenvalue weighted by Crippen LogP contribution is -2.27. The van der Waals surface area contributed by atoms with Gasteiger partial charge in [0.1, 0.15) is 0 Å². The number of amides is 1. The third-order valence-electron chi connectivity index (χ3n) is 4.22. The molecule has 0 rings (SSSR count). The van der Waals surface area contributed by atoms with Crippen molar-refractivity contribution in [1.82, 2.24) is 5.32 Å². The molecule has 156 valence electrons. The monoisotopic (exact) mass is 420 g/mol. The van der Waals surface area contributed by atoms with Crippen molar-refractivity contribution >= 4 is 33.5 Å². The Labute approximate surface area is 167 Å². The first-order chi connectivity index (χ1) is 12.4. The van der Waals surface area contributed by atoms with Gasteiger partial charge in [-0.25, -0.2) is 0 Å². The average molecular weight is 421 g/mol. The summed E-state index contributed by atoms with van der Waals surface area (Å²) < 4.78 is 24.2. The van der Waals surface area contributed by atoms with E-state index in [9.17, 15) is 18.0 Å². The van der Waals surface area contributed by atoms with Crippen LogP contribution in [0.5, 0.6) is 0 Å². The smallest absolute Gasteiger partial charge is 0.303 e. The lowest BCUT2D eigenvalue weighted by atomic mass is 9.86. The Morgan fingerprint density at radius 3 is 1.78 bits per heavy atom. The highest BCUT2D eigenvalue weighted by Crippen LogP contribution is 2.26. The lowest BCUT2D eigenvalue weighted by Gasteiger charge is -2.23. The second kappa shape index (κ2) is 12.2. The Hall–Kier alpha value is -1.27. The van der Waals surface area contributed by atoms with E-state index in [-0.39, 0.29) is 29.6 Å². The minimum absolute atomic E-state index is 0.0520. The number of aliphatic carboxylic acids is 1. The predicted molar refractivity (Wildman–Crippen MR) is 108 cm³/mol.